The molecule has 0 radical (unpaired) electrons. The number of Topliss-reactive ketones (excluding diaryl/α,β-unsaturated/α-hetero) is 1. The molecular weight excluding hydrogens is 442 g/mol. The van der Waals surface area contributed by atoms with Crippen molar-refractivity contribution in [2.45, 2.75) is 26.8 Å². The van der Waals surface area contributed by atoms with Crippen molar-refractivity contribution in [3.8, 4) is 0 Å². The number of hydrogen-bond acceptors (Lipinski definition) is 7. The lowest BCUT2D eigenvalue weighted by Gasteiger charge is -2.17. The van der Waals surface area contributed by atoms with Gasteiger partial charge in [0.25, 0.3) is 11.6 Å². The smallest absolute Gasteiger partial charge is 0.325 e. The standard InChI is InChI=1S/C21H24ClN3O7/c1-12-7-16(14(3)24(12)13(2)10-31-4)19(26)11-32-20(27)9-23-21(28)15-5-6-17(22)18(8-15)25(29)30/h5-8,13H,9-11H2,1-4H3,(H,23,28). The van der Waals surface area contributed by atoms with E-state index in [9.17, 15) is 24.5 Å². The highest BCUT2D eigenvalue weighted by atomic mass is 35.5. The van der Waals surface area contributed by atoms with Gasteiger partial charge in [0.05, 0.1) is 17.6 Å². The van der Waals surface area contributed by atoms with Gasteiger partial charge in [-0.2, -0.15) is 0 Å². The minimum Gasteiger partial charge on any atom is -0.456 e. The van der Waals surface area contributed by atoms with E-state index in [1.165, 1.54) is 12.1 Å². The summed E-state index contributed by atoms with van der Waals surface area (Å²) < 4.78 is 12.1. The van der Waals surface area contributed by atoms with Crippen LogP contribution < -0.4 is 5.32 Å². The number of benzene rings is 1. The summed E-state index contributed by atoms with van der Waals surface area (Å²) in [6.45, 7) is 5.14. The molecule has 2 aromatic rings. The Bertz CT molecular complexity index is 1050. The monoisotopic (exact) mass is 465 g/mol. The van der Waals surface area contributed by atoms with Crippen LogP contribution in [0.1, 0.15) is 45.1 Å². The Balaban J connectivity index is 1.93. The van der Waals surface area contributed by atoms with Crippen LogP contribution in [0.15, 0.2) is 24.3 Å². The third-order valence-corrected chi connectivity index (χ3v) is 5.12. The first-order valence-electron chi connectivity index (χ1n) is 9.65. The van der Waals surface area contributed by atoms with Crippen molar-refractivity contribution < 1.29 is 28.8 Å². The van der Waals surface area contributed by atoms with Gasteiger partial charge < -0.3 is 19.4 Å². The van der Waals surface area contributed by atoms with Crippen LogP contribution in [0.5, 0.6) is 0 Å². The highest BCUT2D eigenvalue weighted by molar-refractivity contribution is 6.32. The molecule has 0 fully saturated rings. The number of halogens is 1. The second kappa shape index (κ2) is 10.9. The molecule has 2 rings (SSSR count). The van der Waals surface area contributed by atoms with Crippen LogP contribution in [0.4, 0.5) is 5.69 Å². The van der Waals surface area contributed by atoms with Gasteiger partial charge in [0.1, 0.15) is 11.6 Å². The number of nitro groups is 1. The average molecular weight is 466 g/mol. The minimum atomic E-state index is -0.822. The van der Waals surface area contributed by atoms with Gasteiger partial charge >= 0.3 is 5.97 Å². The van der Waals surface area contributed by atoms with Crippen molar-refractivity contribution in [3.63, 3.8) is 0 Å². The summed E-state index contributed by atoms with van der Waals surface area (Å²) >= 11 is 5.71. The number of hydrogen-bond donors (Lipinski definition) is 1. The summed E-state index contributed by atoms with van der Waals surface area (Å²) in [5, 5.41) is 13.1. The normalized spacial score (nSPS) is 11.7. The third kappa shape index (κ3) is 5.92. The number of carbonyl (C=O) groups excluding carboxylic acids is 3. The molecule has 1 N–H and O–H groups in total. The van der Waals surface area contributed by atoms with E-state index in [1.807, 2.05) is 18.4 Å². The maximum atomic E-state index is 12.5. The lowest BCUT2D eigenvalue weighted by molar-refractivity contribution is -0.384. The fraction of sp³-hybridized carbons (Fsp3) is 0.381. The molecule has 1 aromatic carbocycles. The van der Waals surface area contributed by atoms with E-state index in [0.29, 0.717) is 12.2 Å². The minimum absolute atomic E-state index is 0.0306. The van der Waals surface area contributed by atoms with Crippen LogP contribution in [0.3, 0.4) is 0 Å². The molecule has 10 nitrogen and oxygen atoms in total. The van der Waals surface area contributed by atoms with Gasteiger partial charge in [-0.3, -0.25) is 24.5 Å². The average Bonchev–Trinajstić information content (AvgIpc) is 3.04. The summed E-state index contributed by atoms with van der Waals surface area (Å²) in [6.07, 6.45) is 0. The lowest BCUT2D eigenvalue weighted by Crippen LogP contribution is -2.31. The first-order valence-corrected chi connectivity index (χ1v) is 10.0. The fourth-order valence-corrected chi connectivity index (χ4v) is 3.56. The number of aromatic nitrogens is 1. The van der Waals surface area contributed by atoms with E-state index in [4.69, 9.17) is 21.1 Å². The molecule has 1 atom stereocenters. The van der Waals surface area contributed by atoms with E-state index >= 15 is 0 Å². The number of esters is 1. The zero-order chi connectivity index (χ0) is 24.0. The molecule has 0 saturated carbocycles. The second-order valence-electron chi connectivity index (χ2n) is 7.15. The van der Waals surface area contributed by atoms with Gasteiger partial charge in [-0.1, -0.05) is 11.6 Å². The van der Waals surface area contributed by atoms with Crippen molar-refractivity contribution in [1.82, 2.24) is 9.88 Å². The lowest BCUT2D eigenvalue weighted by atomic mass is 10.1. The Kier molecular flexibility index (Phi) is 8.50. The molecule has 0 bridgehead atoms. The Morgan fingerprint density at radius 2 is 1.94 bits per heavy atom. The van der Waals surface area contributed by atoms with Gasteiger partial charge in [-0.05, 0) is 39.0 Å². The summed E-state index contributed by atoms with van der Waals surface area (Å²) in [5.74, 6) is -1.91. The van der Waals surface area contributed by atoms with Crippen molar-refractivity contribution in [2.24, 2.45) is 0 Å². The Morgan fingerprint density at radius 3 is 2.56 bits per heavy atom. The van der Waals surface area contributed by atoms with Gasteiger partial charge in [0.15, 0.2) is 6.61 Å². The number of ketones is 1. The predicted molar refractivity (Wildman–Crippen MR) is 116 cm³/mol. The van der Waals surface area contributed by atoms with E-state index in [2.05, 4.69) is 5.32 Å². The highest BCUT2D eigenvalue weighted by Gasteiger charge is 2.21. The predicted octanol–water partition coefficient (Wildman–Crippen LogP) is 3.03. The molecule has 0 aliphatic carbocycles. The zero-order valence-electron chi connectivity index (χ0n) is 18.1. The number of nitro benzene ring substituents is 1. The number of amides is 1. The van der Waals surface area contributed by atoms with Crippen molar-refractivity contribution in [3.05, 3.63) is 61.9 Å². The fourth-order valence-electron chi connectivity index (χ4n) is 3.38. The number of carbonyl (C=O) groups is 3. The molecule has 0 aliphatic rings. The number of nitrogens with zero attached hydrogens (tertiary/aromatic N) is 2. The van der Waals surface area contributed by atoms with E-state index in [1.54, 1.807) is 20.1 Å². The van der Waals surface area contributed by atoms with Crippen molar-refractivity contribution >= 4 is 34.9 Å². The number of methoxy groups -OCH3 is 1. The van der Waals surface area contributed by atoms with Crippen molar-refractivity contribution in [2.75, 3.05) is 26.9 Å². The van der Waals surface area contributed by atoms with Crippen LogP contribution in [0.25, 0.3) is 0 Å². The third-order valence-electron chi connectivity index (χ3n) is 4.80. The highest BCUT2D eigenvalue weighted by Crippen LogP contribution is 2.25. The molecule has 1 heterocycles. The van der Waals surface area contributed by atoms with Gasteiger partial charge in [0, 0.05) is 35.7 Å². The first kappa shape index (κ1) is 25.0. The number of rotatable bonds is 10. The largest absolute Gasteiger partial charge is 0.456 e. The van der Waals surface area contributed by atoms with Crippen molar-refractivity contribution in [1.29, 1.82) is 0 Å². The molecule has 0 spiro atoms. The van der Waals surface area contributed by atoms with Crippen LogP contribution in [-0.4, -0.2) is 54.0 Å². The van der Waals surface area contributed by atoms with Crippen LogP contribution in [0.2, 0.25) is 5.02 Å². The number of aryl methyl sites for hydroxylation is 1. The molecule has 11 heteroatoms. The summed E-state index contributed by atoms with van der Waals surface area (Å²) in [7, 11) is 1.60. The van der Waals surface area contributed by atoms with Gasteiger partial charge in [-0.25, -0.2) is 0 Å². The van der Waals surface area contributed by atoms with Crippen LogP contribution >= 0.6 is 11.6 Å². The van der Waals surface area contributed by atoms with Crippen LogP contribution in [0, 0.1) is 24.0 Å². The maximum Gasteiger partial charge on any atom is 0.325 e. The van der Waals surface area contributed by atoms with E-state index in [-0.39, 0.29) is 22.4 Å². The second-order valence-corrected chi connectivity index (χ2v) is 7.56. The number of ether oxygens (including phenoxy) is 2. The van der Waals surface area contributed by atoms with E-state index in [0.717, 1.165) is 17.5 Å². The van der Waals surface area contributed by atoms with Gasteiger partial charge in [0.2, 0.25) is 5.78 Å². The first-order chi connectivity index (χ1) is 15.1. The summed E-state index contributed by atoms with van der Waals surface area (Å²) in [5.41, 5.74) is 1.60. The Hall–Kier alpha value is -3.24. The molecule has 0 saturated heterocycles. The summed E-state index contributed by atoms with van der Waals surface area (Å²) in [4.78, 5) is 46.8. The maximum absolute atomic E-state index is 12.5. The van der Waals surface area contributed by atoms with Crippen LogP contribution in [-0.2, 0) is 14.3 Å². The molecular formula is C21H24ClN3O7. The summed E-state index contributed by atoms with van der Waals surface area (Å²) in [6, 6.07) is 5.28. The SMILES string of the molecule is COCC(C)n1c(C)cc(C(=O)COC(=O)CNC(=O)c2ccc(Cl)c([N+](=O)[O-])c2)c1C. The van der Waals surface area contributed by atoms with E-state index < -0.39 is 35.6 Å². The van der Waals surface area contributed by atoms with Gasteiger partial charge in [-0.15, -0.1) is 0 Å². The Morgan fingerprint density at radius 1 is 1.25 bits per heavy atom. The topological polar surface area (TPSA) is 130 Å². The molecule has 0 aliphatic heterocycles. The molecule has 32 heavy (non-hydrogen) atoms. The quantitative estimate of drug-likeness (QED) is 0.247. The zero-order valence-corrected chi connectivity index (χ0v) is 18.9. The molecule has 1 unspecified atom stereocenters. The molecule has 1 amide bonds. The molecule has 1 aromatic heterocycles. The Labute approximate surface area is 189 Å². The number of nitrogens with one attached hydrogen (secondary N) is 1. The molecule has 172 valence electrons.